The normalized spacial score (nSPS) is 10.6. The van der Waals surface area contributed by atoms with Crippen LogP contribution in [0.5, 0.6) is 0 Å². The minimum Gasteiger partial charge on any atom is -0.243 e. The summed E-state index contributed by atoms with van der Waals surface area (Å²) >= 11 is 25.9. The number of halogens is 5. The van der Waals surface area contributed by atoms with Gasteiger partial charge in [0.15, 0.2) is 0 Å². The van der Waals surface area contributed by atoms with Crippen LogP contribution in [-0.4, -0.2) is 4.98 Å². The maximum Gasteiger partial charge on any atom is 0.142 e. The molecule has 0 bridgehead atoms. The van der Waals surface area contributed by atoms with E-state index in [4.69, 9.17) is 46.4 Å². The van der Waals surface area contributed by atoms with Gasteiger partial charge < -0.3 is 0 Å². The number of nitrogens with zero attached hydrogens (tertiary/aromatic N) is 1. The van der Waals surface area contributed by atoms with E-state index in [1.54, 1.807) is 18.3 Å². The molecule has 0 fully saturated rings. The minimum absolute atomic E-state index is 0.428. The van der Waals surface area contributed by atoms with E-state index in [1.165, 1.54) is 0 Å². The van der Waals surface area contributed by atoms with Crippen molar-refractivity contribution in [2.24, 2.45) is 0 Å². The van der Waals surface area contributed by atoms with Gasteiger partial charge in [0, 0.05) is 17.3 Å². The number of aromatic nitrogens is 1. The highest BCUT2D eigenvalue weighted by molar-refractivity contribution is 14.1. The van der Waals surface area contributed by atoms with Crippen molar-refractivity contribution in [1.82, 2.24) is 4.98 Å². The lowest BCUT2D eigenvalue weighted by Gasteiger charge is -2.07. The first-order chi connectivity index (χ1) is 7.99. The van der Waals surface area contributed by atoms with Crippen molar-refractivity contribution in [1.29, 1.82) is 0 Å². The topological polar surface area (TPSA) is 12.9 Å². The van der Waals surface area contributed by atoms with Gasteiger partial charge >= 0.3 is 0 Å². The summed E-state index contributed by atoms with van der Waals surface area (Å²) < 4.78 is 0.851. The van der Waals surface area contributed by atoms with E-state index in [0.717, 1.165) is 14.7 Å². The zero-order chi connectivity index (χ0) is 12.6. The van der Waals surface area contributed by atoms with Crippen molar-refractivity contribution in [2.45, 2.75) is 0 Å². The van der Waals surface area contributed by atoms with Gasteiger partial charge in [-0.1, -0.05) is 46.4 Å². The van der Waals surface area contributed by atoms with Crippen molar-refractivity contribution in [3.63, 3.8) is 0 Å². The first-order valence-corrected chi connectivity index (χ1v) is 7.04. The molecule has 1 nitrogen and oxygen atoms in total. The summed E-state index contributed by atoms with van der Waals surface area (Å²) in [5.41, 5.74) is 1.63. The van der Waals surface area contributed by atoms with Crippen LogP contribution in [0.15, 0.2) is 24.4 Å². The lowest BCUT2D eigenvalue weighted by molar-refractivity contribution is 1.31. The molecule has 0 amide bonds. The van der Waals surface area contributed by atoms with Crippen LogP contribution in [0.25, 0.3) is 11.1 Å². The van der Waals surface area contributed by atoms with Crippen LogP contribution in [0, 0.1) is 3.57 Å². The third kappa shape index (κ3) is 2.99. The van der Waals surface area contributed by atoms with Crippen LogP contribution in [0.1, 0.15) is 0 Å². The average molecular weight is 419 g/mol. The molecule has 2 aromatic rings. The maximum absolute atomic E-state index is 6.12. The number of hydrogen-bond donors (Lipinski definition) is 0. The fraction of sp³-hybridized carbons (Fsp3) is 0. The molecule has 88 valence electrons. The number of pyridine rings is 1. The molecule has 0 radical (unpaired) electrons. The van der Waals surface area contributed by atoms with E-state index in [2.05, 4.69) is 27.6 Å². The Morgan fingerprint density at radius 2 is 1.53 bits per heavy atom. The van der Waals surface area contributed by atoms with E-state index >= 15 is 0 Å². The molecule has 17 heavy (non-hydrogen) atoms. The Labute approximate surface area is 132 Å². The molecule has 1 aromatic carbocycles. The molecule has 0 aliphatic rings. The molecule has 0 unspecified atom stereocenters. The van der Waals surface area contributed by atoms with Crippen molar-refractivity contribution < 1.29 is 0 Å². The molecule has 0 aliphatic heterocycles. The molecule has 0 atom stereocenters. The van der Waals surface area contributed by atoms with E-state index in [9.17, 15) is 0 Å². The van der Waals surface area contributed by atoms with Crippen LogP contribution < -0.4 is 0 Å². The summed E-state index contributed by atoms with van der Waals surface area (Å²) in [6.45, 7) is 0. The fourth-order valence-electron chi connectivity index (χ4n) is 1.31. The lowest BCUT2D eigenvalue weighted by atomic mass is 10.1. The van der Waals surface area contributed by atoms with Crippen molar-refractivity contribution >= 4 is 69.0 Å². The second-order valence-corrected chi connectivity index (χ2v) is 5.98. The van der Waals surface area contributed by atoms with Gasteiger partial charge in [-0.3, -0.25) is 0 Å². The van der Waals surface area contributed by atoms with E-state index in [-0.39, 0.29) is 0 Å². The molecule has 1 aromatic heterocycles. The predicted molar refractivity (Wildman–Crippen MR) is 82.4 cm³/mol. The van der Waals surface area contributed by atoms with Crippen LogP contribution >= 0.6 is 69.0 Å². The van der Waals surface area contributed by atoms with Crippen LogP contribution in [0.2, 0.25) is 20.2 Å². The molecule has 0 aliphatic carbocycles. The van der Waals surface area contributed by atoms with Gasteiger partial charge in [-0.05, 0) is 40.8 Å². The molecule has 0 saturated carbocycles. The zero-order valence-electron chi connectivity index (χ0n) is 8.15. The second-order valence-electron chi connectivity index (χ2n) is 3.24. The molecule has 0 spiro atoms. The Morgan fingerprint density at radius 3 is 2.18 bits per heavy atom. The fourth-order valence-corrected chi connectivity index (χ4v) is 2.55. The van der Waals surface area contributed by atoms with Crippen LogP contribution in [0.4, 0.5) is 0 Å². The third-order valence-corrected chi connectivity index (χ3v) is 4.59. The highest BCUT2D eigenvalue weighted by Gasteiger charge is 2.10. The van der Waals surface area contributed by atoms with Crippen molar-refractivity contribution in [3.8, 4) is 11.1 Å². The minimum atomic E-state index is 0.428. The lowest BCUT2D eigenvalue weighted by Crippen LogP contribution is -1.86. The summed E-state index contributed by atoms with van der Waals surface area (Å²) in [4.78, 5) is 4.07. The Bertz CT molecular complexity index is 586. The Kier molecular flexibility index (Phi) is 4.42. The van der Waals surface area contributed by atoms with E-state index in [1.807, 2.05) is 6.07 Å². The van der Waals surface area contributed by atoms with Gasteiger partial charge in [0.25, 0.3) is 0 Å². The third-order valence-electron chi connectivity index (χ3n) is 2.12. The molecular weight excluding hydrogens is 415 g/mol. The van der Waals surface area contributed by atoms with Crippen molar-refractivity contribution in [3.05, 3.63) is 48.2 Å². The summed E-state index contributed by atoms with van der Waals surface area (Å²) in [5.74, 6) is 0. The van der Waals surface area contributed by atoms with Gasteiger partial charge in [-0.2, -0.15) is 0 Å². The molecule has 1 heterocycles. The van der Waals surface area contributed by atoms with E-state index < -0.39 is 0 Å². The molecular formula is C11H4Cl4IN. The Morgan fingerprint density at radius 1 is 0.882 bits per heavy atom. The number of rotatable bonds is 1. The number of benzene rings is 1. The van der Waals surface area contributed by atoms with Gasteiger partial charge in [0.1, 0.15) is 5.15 Å². The van der Waals surface area contributed by atoms with Gasteiger partial charge in [-0.15, -0.1) is 0 Å². The monoisotopic (exact) mass is 417 g/mol. The first-order valence-electron chi connectivity index (χ1n) is 4.45. The predicted octanol–water partition coefficient (Wildman–Crippen LogP) is 5.97. The number of hydrogen-bond acceptors (Lipinski definition) is 1. The van der Waals surface area contributed by atoms with E-state index in [0.29, 0.717) is 20.2 Å². The second kappa shape index (κ2) is 5.49. The molecule has 2 rings (SSSR count). The summed E-state index contributed by atoms with van der Waals surface area (Å²) in [5, 5.41) is 1.87. The summed E-state index contributed by atoms with van der Waals surface area (Å²) in [7, 11) is 0. The summed E-state index contributed by atoms with van der Waals surface area (Å²) in [6, 6.07) is 5.22. The standard InChI is InChI=1S/C11H4Cl4IN/c12-7-3-9(14)8(13)2-6(7)5-1-10(16)11(15)17-4-5/h1-4H. The van der Waals surface area contributed by atoms with Gasteiger partial charge in [0.05, 0.1) is 18.6 Å². The van der Waals surface area contributed by atoms with Crippen molar-refractivity contribution in [2.75, 3.05) is 0 Å². The summed E-state index contributed by atoms with van der Waals surface area (Å²) in [6.07, 6.45) is 1.65. The first kappa shape index (κ1) is 13.7. The zero-order valence-corrected chi connectivity index (χ0v) is 13.3. The van der Waals surface area contributed by atoms with Gasteiger partial charge in [0.2, 0.25) is 0 Å². The molecule has 0 saturated heterocycles. The Hall–Kier alpha value is 0.260. The maximum atomic E-state index is 6.12. The SMILES string of the molecule is Clc1cc(Cl)c(-c2cnc(Cl)c(I)c2)cc1Cl. The highest BCUT2D eigenvalue weighted by atomic mass is 127. The smallest absolute Gasteiger partial charge is 0.142 e. The Balaban J connectivity index is 2.60. The van der Waals surface area contributed by atoms with Crippen LogP contribution in [-0.2, 0) is 0 Å². The van der Waals surface area contributed by atoms with Gasteiger partial charge in [-0.25, -0.2) is 4.98 Å². The molecule has 6 heteroatoms. The quantitative estimate of drug-likeness (QED) is 0.316. The molecule has 0 N–H and O–H groups in total. The largest absolute Gasteiger partial charge is 0.243 e. The highest BCUT2D eigenvalue weighted by Crippen LogP contribution is 2.35. The van der Waals surface area contributed by atoms with Crippen LogP contribution in [0.3, 0.4) is 0 Å². The average Bonchev–Trinajstić information content (AvgIpc) is 2.27.